The summed E-state index contributed by atoms with van der Waals surface area (Å²) in [5, 5.41) is 0. The van der Waals surface area contributed by atoms with Gasteiger partial charge in [0.2, 0.25) is 5.91 Å². The van der Waals surface area contributed by atoms with Crippen LogP contribution in [0.15, 0.2) is 30.4 Å². The number of benzene rings is 1. The van der Waals surface area contributed by atoms with Crippen LogP contribution in [0.25, 0.3) is 0 Å². The Labute approximate surface area is 151 Å². The molecule has 0 heterocycles. The highest BCUT2D eigenvalue weighted by Gasteiger charge is 2.52. The largest absolute Gasteiger partial charge is 0.419 e. The number of rotatable bonds is 5. The van der Waals surface area contributed by atoms with Gasteiger partial charge < -0.3 is 5.73 Å². The van der Waals surface area contributed by atoms with Gasteiger partial charge in [0, 0.05) is 0 Å². The van der Waals surface area contributed by atoms with Crippen molar-refractivity contribution in [3.05, 3.63) is 47.3 Å². The van der Waals surface area contributed by atoms with E-state index in [2.05, 4.69) is 0 Å². The molecule has 1 aromatic rings. The molecular weight excluding hydrogens is 346 g/mol. The number of carbonyl (C=O) groups is 1. The van der Waals surface area contributed by atoms with Crippen LogP contribution >= 0.6 is 0 Å². The molecular formula is C20H25F4NO. The zero-order valence-electron chi connectivity index (χ0n) is 15.3. The fourth-order valence-electron chi connectivity index (χ4n) is 4.14. The van der Waals surface area contributed by atoms with E-state index in [1.165, 1.54) is 6.07 Å². The number of halogens is 4. The third-order valence-corrected chi connectivity index (χ3v) is 5.52. The van der Waals surface area contributed by atoms with E-state index in [1.807, 2.05) is 20.8 Å². The third-order valence-electron chi connectivity index (χ3n) is 5.52. The highest BCUT2D eigenvalue weighted by molar-refractivity contribution is 5.90. The number of amides is 1. The first-order valence-electron chi connectivity index (χ1n) is 8.81. The maximum Gasteiger partial charge on any atom is 0.419 e. The average molecular weight is 371 g/mol. The van der Waals surface area contributed by atoms with Crippen LogP contribution in [-0.4, -0.2) is 5.91 Å². The van der Waals surface area contributed by atoms with E-state index >= 15 is 0 Å². The Balaban J connectivity index is 2.71. The summed E-state index contributed by atoms with van der Waals surface area (Å²) >= 11 is 0. The van der Waals surface area contributed by atoms with Gasteiger partial charge in [0.1, 0.15) is 5.82 Å². The van der Waals surface area contributed by atoms with Crippen LogP contribution in [0.3, 0.4) is 0 Å². The molecule has 0 saturated heterocycles. The van der Waals surface area contributed by atoms with Crippen molar-refractivity contribution in [1.29, 1.82) is 0 Å². The first-order chi connectivity index (χ1) is 12.0. The van der Waals surface area contributed by atoms with Crippen LogP contribution in [0, 0.1) is 17.2 Å². The maximum absolute atomic E-state index is 13.8. The molecule has 0 spiro atoms. The third kappa shape index (κ3) is 3.51. The van der Waals surface area contributed by atoms with Crippen LogP contribution in [0.4, 0.5) is 17.6 Å². The van der Waals surface area contributed by atoms with Crippen molar-refractivity contribution in [3.8, 4) is 0 Å². The molecule has 1 aromatic carbocycles. The molecule has 0 aromatic heterocycles. The molecule has 1 aliphatic carbocycles. The molecule has 0 bridgehead atoms. The fraction of sp³-hybridized carbons (Fsp3) is 0.550. The van der Waals surface area contributed by atoms with Crippen molar-refractivity contribution in [1.82, 2.24) is 0 Å². The molecule has 2 unspecified atom stereocenters. The topological polar surface area (TPSA) is 43.1 Å². The smallest absolute Gasteiger partial charge is 0.369 e. The molecule has 144 valence electrons. The first-order valence-corrected chi connectivity index (χ1v) is 8.81. The lowest BCUT2D eigenvalue weighted by molar-refractivity contribution is -0.140. The zero-order valence-corrected chi connectivity index (χ0v) is 15.3. The number of hydrogen-bond donors (Lipinski definition) is 1. The van der Waals surface area contributed by atoms with Gasteiger partial charge in [0.25, 0.3) is 0 Å². The molecule has 1 aliphatic rings. The van der Waals surface area contributed by atoms with Gasteiger partial charge >= 0.3 is 6.18 Å². The summed E-state index contributed by atoms with van der Waals surface area (Å²) in [4.78, 5) is 12.6. The lowest BCUT2D eigenvalue weighted by Crippen LogP contribution is -2.52. The van der Waals surface area contributed by atoms with Crippen molar-refractivity contribution in [3.63, 3.8) is 0 Å². The Morgan fingerprint density at radius 1 is 1.31 bits per heavy atom. The second kappa shape index (κ2) is 7.05. The summed E-state index contributed by atoms with van der Waals surface area (Å²) < 4.78 is 53.4. The number of unbranched alkanes of at least 4 members (excludes halogenated alkanes) is 1. The van der Waals surface area contributed by atoms with E-state index in [4.69, 9.17) is 5.73 Å². The molecule has 2 N–H and O–H groups in total. The molecule has 1 amide bonds. The Bertz CT molecular complexity index is 708. The lowest BCUT2D eigenvalue weighted by atomic mass is 9.54. The van der Waals surface area contributed by atoms with Gasteiger partial charge in [-0.25, -0.2) is 4.39 Å². The van der Waals surface area contributed by atoms with Crippen LogP contribution in [0.2, 0.25) is 0 Å². The molecule has 2 nitrogen and oxygen atoms in total. The summed E-state index contributed by atoms with van der Waals surface area (Å²) in [5.74, 6) is -2.34. The van der Waals surface area contributed by atoms with Crippen molar-refractivity contribution in [2.75, 3.05) is 0 Å². The second-order valence-corrected chi connectivity index (χ2v) is 7.72. The Kier molecular flexibility index (Phi) is 5.54. The lowest BCUT2D eigenvalue weighted by Gasteiger charge is -2.48. The van der Waals surface area contributed by atoms with Gasteiger partial charge in [-0.2, -0.15) is 13.2 Å². The summed E-state index contributed by atoms with van der Waals surface area (Å²) in [5.41, 5.74) is 2.76. The van der Waals surface area contributed by atoms with Gasteiger partial charge in [-0.1, -0.05) is 51.8 Å². The quantitative estimate of drug-likeness (QED) is 0.549. The van der Waals surface area contributed by atoms with Crippen LogP contribution < -0.4 is 5.73 Å². The molecule has 0 fully saturated rings. The van der Waals surface area contributed by atoms with E-state index in [9.17, 15) is 22.4 Å². The molecule has 0 aliphatic heterocycles. The van der Waals surface area contributed by atoms with E-state index in [0.29, 0.717) is 12.8 Å². The number of allylic oxidation sites excluding steroid dienone is 1. The van der Waals surface area contributed by atoms with Crippen molar-refractivity contribution in [2.45, 2.75) is 58.0 Å². The number of carbonyl (C=O) groups excluding carboxylic acids is 1. The molecule has 6 heteroatoms. The SMILES string of the molecule is CCCCC1C(C)(C)CC=CC1(C(N)=O)c1ccc(F)c(C(F)(F)F)c1. The Morgan fingerprint density at radius 3 is 2.50 bits per heavy atom. The van der Waals surface area contributed by atoms with Gasteiger partial charge in [0.15, 0.2) is 0 Å². The first kappa shape index (κ1) is 20.5. The monoisotopic (exact) mass is 371 g/mol. The normalized spacial score (nSPS) is 25.3. The highest BCUT2D eigenvalue weighted by atomic mass is 19.4. The predicted octanol–water partition coefficient (Wildman–Crippen LogP) is 5.36. The van der Waals surface area contributed by atoms with Gasteiger partial charge in [0.05, 0.1) is 11.0 Å². The van der Waals surface area contributed by atoms with Gasteiger partial charge in [-0.15, -0.1) is 0 Å². The van der Waals surface area contributed by atoms with E-state index in [1.54, 1.807) is 12.2 Å². The van der Waals surface area contributed by atoms with Crippen molar-refractivity contribution < 1.29 is 22.4 Å². The average Bonchev–Trinajstić information content (AvgIpc) is 2.52. The van der Waals surface area contributed by atoms with Gasteiger partial charge in [-0.3, -0.25) is 4.79 Å². The molecule has 2 rings (SSSR count). The van der Waals surface area contributed by atoms with E-state index in [0.717, 1.165) is 25.0 Å². The highest BCUT2D eigenvalue weighted by Crippen LogP contribution is 2.52. The Morgan fingerprint density at radius 2 is 1.96 bits per heavy atom. The molecule has 2 atom stereocenters. The summed E-state index contributed by atoms with van der Waals surface area (Å²) in [6.07, 6.45) is 1.63. The molecule has 0 radical (unpaired) electrons. The van der Waals surface area contributed by atoms with Crippen LogP contribution in [-0.2, 0) is 16.4 Å². The fourth-order valence-corrected chi connectivity index (χ4v) is 4.14. The second-order valence-electron chi connectivity index (χ2n) is 7.72. The molecule has 26 heavy (non-hydrogen) atoms. The number of alkyl halides is 3. The van der Waals surface area contributed by atoms with E-state index in [-0.39, 0.29) is 16.9 Å². The van der Waals surface area contributed by atoms with Crippen LogP contribution in [0.5, 0.6) is 0 Å². The number of nitrogens with two attached hydrogens (primary N) is 1. The zero-order chi connectivity index (χ0) is 19.8. The predicted molar refractivity (Wildman–Crippen MR) is 92.8 cm³/mol. The summed E-state index contributed by atoms with van der Waals surface area (Å²) in [6.45, 7) is 5.99. The molecule has 0 saturated carbocycles. The number of hydrogen-bond acceptors (Lipinski definition) is 1. The summed E-state index contributed by atoms with van der Waals surface area (Å²) in [6, 6.07) is 2.76. The van der Waals surface area contributed by atoms with E-state index < -0.39 is 28.9 Å². The maximum atomic E-state index is 13.8. The van der Waals surface area contributed by atoms with Crippen molar-refractivity contribution >= 4 is 5.91 Å². The van der Waals surface area contributed by atoms with Crippen LogP contribution in [0.1, 0.15) is 57.6 Å². The minimum absolute atomic E-state index is 0.101. The van der Waals surface area contributed by atoms with Gasteiger partial charge in [-0.05, 0) is 41.9 Å². The Hall–Kier alpha value is -1.85. The standard InChI is InChI=1S/C20H25F4NO/c1-4-5-7-16-18(2,3)10-6-11-19(16,17(25)26)13-8-9-15(21)14(12-13)20(22,23)24/h6,8-9,11-12,16H,4-5,7,10H2,1-3H3,(H2,25,26). The summed E-state index contributed by atoms with van der Waals surface area (Å²) in [7, 11) is 0. The minimum Gasteiger partial charge on any atom is -0.369 e. The number of primary amides is 1. The van der Waals surface area contributed by atoms with Crippen molar-refractivity contribution in [2.24, 2.45) is 17.1 Å². The minimum atomic E-state index is -4.84.